The maximum Gasteiger partial charge on any atom is 0.316 e. The predicted molar refractivity (Wildman–Crippen MR) is 185 cm³/mol. The van der Waals surface area contributed by atoms with Crippen LogP contribution in [0.3, 0.4) is 0 Å². The van der Waals surface area contributed by atoms with Gasteiger partial charge in [0.25, 0.3) is 0 Å². The van der Waals surface area contributed by atoms with Crippen molar-refractivity contribution in [3.8, 4) is 0 Å². The highest BCUT2D eigenvalue weighted by atomic mass is 16.5. The second-order valence-electron chi connectivity index (χ2n) is 15.2. The van der Waals surface area contributed by atoms with Crippen LogP contribution in [-0.2, 0) is 15.8 Å². The number of amidine groups is 2. The number of benzene rings is 4. The zero-order valence-corrected chi connectivity index (χ0v) is 28.7. The van der Waals surface area contributed by atoms with Crippen LogP contribution in [0.15, 0.2) is 97.1 Å². The molecular weight excluding hydrogens is 602 g/mol. The molecule has 48 heavy (non-hydrogen) atoms. The van der Waals surface area contributed by atoms with E-state index in [2.05, 4.69) is 29.6 Å². The van der Waals surface area contributed by atoms with Crippen molar-refractivity contribution < 1.29 is 19.9 Å². The molecule has 3 aliphatic rings. The van der Waals surface area contributed by atoms with E-state index in [0.29, 0.717) is 11.1 Å². The van der Waals surface area contributed by atoms with Crippen LogP contribution in [0.25, 0.3) is 0 Å². The topological polar surface area (TPSA) is 110 Å². The van der Waals surface area contributed by atoms with Gasteiger partial charge in [0.05, 0.1) is 16.5 Å². The molecule has 9 heteroatoms. The Kier molecular flexibility index (Phi) is 6.66. The lowest BCUT2D eigenvalue weighted by Crippen LogP contribution is -2.53. The van der Waals surface area contributed by atoms with Crippen LogP contribution in [0.4, 0.5) is 11.4 Å². The van der Waals surface area contributed by atoms with Crippen molar-refractivity contribution in [1.29, 1.82) is 0 Å². The standard InChI is InChI=1S/C39H41N5O4/c1-35(2)36(3,4)42(46)33(41(35)45)25-19-21-31-29(23-25)39(27-15-11-9-12-16-27,28-17-13-10-14-18-28)30-24-26(20-22-32(30)40-31)34-43(47)37(5,6)38(7,8)44(34)48/h9-24,40H,1-8H3. The number of hydrogen-bond donors (Lipinski definition) is 1. The van der Waals surface area contributed by atoms with Gasteiger partial charge in [-0.3, -0.25) is 9.48 Å². The minimum absolute atomic E-state index is 0.0531. The molecule has 1 N–H and O–H groups in total. The quantitative estimate of drug-likeness (QED) is 0.166. The second-order valence-corrected chi connectivity index (χ2v) is 15.2. The lowest BCUT2D eigenvalue weighted by molar-refractivity contribution is -0.539. The van der Waals surface area contributed by atoms with E-state index in [9.17, 15) is 20.8 Å². The van der Waals surface area contributed by atoms with Crippen molar-refractivity contribution in [2.45, 2.75) is 83.0 Å². The number of anilines is 2. The summed E-state index contributed by atoms with van der Waals surface area (Å²) in [5.41, 5.74) is 1.27. The number of hydroxylamine groups is 6. The van der Waals surface area contributed by atoms with Gasteiger partial charge in [0, 0.05) is 21.8 Å². The Morgan fingerprint density at radius 3 is 1.21 bits per heavy atom. The minimum atomic E-state index is -0.982. The van der Waals surface area contributed by atoms with E-state index in [0.717, 1.165) is 53.2 Å². The number of fused-ring (bicyclic) bond motifs is 2. The summed E-state index contributed by atoms with van der Waals surface area (Å²) in [5.74, 6) is 0.106. The fourth-order valence-electron chi connectivity index (χ4n) is 7.35. The molecule has 0 spiro atoms. The van der Waals surface area contributed by atoms with E-state index >= 15 is 0 Å². The molecule has 0 fully saturated rings. The Morgan fingerprint density at radius 1 is 0.542 bits per heavy atom. The fraction of sp³-hybridized carbons (Fsp3) is 0.333. The Bertz CT molecular complexity index is 1870. The van der Waals surface area contributed by atoms with Crippen LogP contribution < -0.4 is 5.32 Å². The van der Waals surface area contributed by atoms with E-state index in [4.69, 9.17) is 0 Å². The Hall–Kier alpha value is -4.86. The zero-order chi connectivity index (χ0) is 34.6. The first-order valence-corrected chi connectivity index (χ1v) is 16.3. The first-order valence-electron chi connectivity index (χ1n) is 16.3. The molecule has 0 unspecified atom stereocenters. The monoisotopic (exact) mass is 643 g/mol. The van der Waals surface area contributed by atoms with Gasteiger partial charge in [-0.25, -0.2) is 0 Å². The van der Waals surface area contributed by atoms with Crippen LogP contribution in [0.2, 0.25) is 0 Å². The van der Waals surface area contributed by atoms with Crippen molar-refractivity contribution in [3.05, 3.63) is 141 Å². The van der Waals surface area contributed by atoms with E-state index in [1.807, 2.05) is 72.8 Å². The average Bonchev–Trinajstić information content (AvgIpc) is 3.27. The summed E-state index contributed by atoms with van der Waals surface area (Å²) in [4.78, 5) is 0. The molecule has 0 saturated carbocycles. The molecular formula is C39H41N5O4. The molecule has 4 aromatic rings. The van der Waals surface area contributed by atoms with E-state index in [1.54, 1.807) is 55.4 Å². The molecule has 0 saturated heterocycles. The summed E-state index contributed by atoms with van der Waals surface area (Å²) >= 11 is 0. The minimum Gasteiger partial charge on any atom is -0.714 e. The van der Waals surface area contributed by atoms with E-state index in [1.165, 1.54) is 0 Å². The molecule has 0 amide bonds. The van der Waals surface area contributed by atoms with Gasteiger partial charge in [0.15, 0.2) is 11.1 Å². The summed E-state index contributed by atoms with van der Waals surface area (Å²) < 4.78 is 1.67. The molecule has 0 bridgehead atoms. The predicted octanol–water partition coefficient (Wildman–Crippen LogP) is 7.08. The summed E-state index contributed by atoms with van der Waals surface area (Å²) in [5, 5.41) is 60.6. The molecule has 0 aliphatic carbocycles. The molecule has 3 heterocycles. The molecule has 0 aromatic heterocycles. The third-order valence-electron chi connectivity index (χ3n) is 11.8. The van der Waals surface area contributed by atoms with Crippen molar-refractivity contribution in [3.63, 3.8) is 0 Å². The van der Waals surface area contributed by atoms with E-state index < -0.39 is 27.6 Å². The van der Waals surface area contributed by atoms with Crippen molar-refractivity contribution >= 4 is 23.0 Å². The van der Waals surface area contributed by atoms with Crippen LogP contribution in [0, 0.1) is 10.4 Å². The fourth-order valence-corrected chi connectivity index (χ4v) is 7.35. The van der Waals surface area contributed by atoms with Gasteiger partial charge >= 0.3 is 11.7 Å². The Labute approximate surface area is 281 Å². The van der Waals surface area contributed by atoms with Crippen LogP contribution in [0.5, 0.6) is 0 Å². The lowest BCUT2D eigenvalue weighted by atomic mass is 9.62. The number of hydrogen-bond acceptors (Lipinski definition) is 5. The molecule has 4 aromatic carbocycles. The van der Waals surface area contributed by atoms with Gasteiger partial charge in [-0.15, -0.1) is 0 Å². The van der Waals surface area contributed by atoms with Crippen molar-refractivity contribution in [2.24, 2.45) is 0 Å². The van der Waals surface area contributed by atoms with Gasteiger partial charge in [0.2, 0.25) is 0 Å². The number of nitrogens with one attached hydrogen (secondary N) is 1. The van der Waals surface area contributed by atoms with Gasteiger partial charge in [0.1, 0.15) is 11.1 Å². The normalized spacial score (nSPS) is 21.2. The molecule has 3 aliphatic heterocycles. The number of nitrogens with zero attached hydrogens (tertiary/aromatic N) is 4. The second kappa shape index (κ2) is 10.1. The SMILES string of the molecule is CC1(C)N([O])C(c2ccc3c(c2)C(c2ccccc2)(c2ccccc2)c2cc(C4=[N+]([O-])C(C)(C)C(C)(C)N4[O])ccc2N3)=[N+]([O-])C1(C)C. The van der Waals surface area contributed by atoms with E-state index in [-0.39, 0.29) is 11.7 Å². The largest absolute Gasteiger partial charge is 0.714 e. The van der Waals surface area contributed by atoms with Gasteiger partial charge < -0.3 is 15.7 Å². The van der Waals surface area contributed by atoms with Gasteiger partial charge in [-0.2, -0.15) is 0 Å². The highest BCUT2D eigenvalue weighted by Crippen LogP contribution is 2.54. The maximum absolute atomic E-state index is 13.8. The third kappa shape index (κ3) is 3.85. The highest BCUT2D eigenvalue weighted by molar-refractivity contribution is 5.99. The Balaban J connectivity index is 1.56. The Morgan fingerprint density at radius 2 is 0.896 bits per heavy atom. The highest BCUT2D eigenvalue weighted by Gasteiger charge is 2.61. The zero-order valence-electron chi connectivity index (χ0n) is 28.7. The molecule has 0 atom stereocenters. The molecule has 246 valence electrons. The molecule has 7 rings (SSSR count). The smallest absolute Gasteiger partial charge is 0.316 e. The van der Waals surface area contributed by atoms with Crippen LogP contribution in [0.1, 0.15) is 88.8 Å². The summed E-state index contributed by atoms with van der Waals surface area (Å²) in [6.07, 6.45) is 0. The van der Waals surface area contributed by atoms with Crippen molar-refractivity contribution in [1.82, 2.24) is 10.1 Å². The lowest BCUT2D eigenvalue weighted by Gasteiger charge is -2.43. The van der Waals surface area contributed by atoms with Gasteiger partial charge in [-0.05, 0) is 114 Å². The number of rotatable bonds is 4. The van der Waals surface area contributed by atoms with Crippen LogP contribution in [-0.4, -0.2) is 53.4 Å². The molecule has 2 radical (unpaired) electrons. The third-order valence-corrected chi connectivity index (χ3v) is 11.8. The summed E-state index contributed by atoms with van der Waals surface area (Å²) in [6, 6.07) is 31.5. The first-order chi connectivity index (χ1) is 22.5. The first kappa shape index (κ1) is 31.7. The van der Waals surface area contributed by atoms with Crippen molar-refractivity contribution in [2.75, 3.05) is 5.32 Å². The van der Waals surface area contributed by atoms with Gasteiger partial charge in [-0.1, -0.05) is 70.8 Å². The average molecular weight is 644 g/mol. The maximum atomic E-state index is 13.8. The summed E-state index contributed by atoms with van der Waals surface area (Å²) in [7, 11) is 0. The molecule has 9 nitrogen and oxygen atoms in total. The van der Waals surface area contributed by atoms with Crippen LogP contribution >= 0.6 is 0 Å². The summed E-state index contributed by atoms with van der Waals surface area (Å²) in [6.45, 7) is 14.3.